The normalized spacial score (nSPS) is 12.5. The van der Waals surface area contributed by atoms with Gasteiger partial charge in [-0.2, -0.15) is 0 Å². The van der Waals surface area contributed by atoms with Crippen molar-refractivity contribution < 1.29 is 19.2 Å². The lowest BCUT2D eigenvalue weighted by atomic mass is 10.1. The Labute approximate surface area is 394 Å². The molecule has 374 valence electrons. The highest BCUT2D eigenvalue weighted by Crippen LogP contribution is 2.13. The molecule has 2 atom stereocenters. The molecule has 0 rings (SSSR count). The van der Waals surface area contributed by atoms with Crippen LogP contribution in [0.4, 0.5) is 0 Å². The molecule has 2 unspecified atom stereocenters. The minimum Gasteiger partial charge on any atom is -0.354 e. The van der Waals surface area contributed by atoms with E-state index in [4.69, 9.17) is 11.5 Å². The van der Waals surface area contributed by atoms with Crippen LogP contribution in [0.5, 0.6) is 0 Å². The van der Waals surface area contributed by atoms with Crippen LogP contribution in [0.1, 0.15) is 258 Å². The minimum atomic E-state index is -0.582. The lowest BCUT2D eigenvalue weighted by molar-refractivity contribution is -0.129. The summed E-state index contributed by atoms with van der Waals surface area (Å²) < 4.78 is 0. The number of unbranched alkanes of at least 4 members (excludes halogenated alkanes) is 27. The summed E-state index contributed by atoms with van der Waals surface area (Å²) in [5.41, 5.74) is 11.4. The molecule has 0 saturated heterocycles. The molecular formula is C54H104N6O4. The van der Waals surface area contributed by atoms with E-state index in [1.807, 2.05) is 0 Å². The van der Waals surface area contributed by atoms with Gasteiger partial charge in [0.2, 0.25) is 23.6 Å². The summed E-state index contributed by atoms with van der Waals surface area (Å²) in [7, 11) is 0. The molecule has 0 aliphatic carbocycles. The van der Waals surface area contributed by atoms with Crippen LogP contribution in [0.3, 0.4) is 0 Å². The number of allylic oxidation sites excluding steroid dienone is 4. The Morgan fingerprint density at radius 3 is 0.984 bits per heavy atom. The van der Waals surface area contributed by atoms with Gasteiger partial charge in [-0.15, -0.1) is 0 Å². The molecule has 0 radical (unpaired) electrons. The van der Waals surface area contributed by atoms with Gasteiger partial charge >= 0.3 is 0 Å². The largest absolute Gasteiger partial charge is 0.354 e. The second-order valence-corrected chi connectivity index (χ2v) is 18.5. The van der Waals surface area contributed by atoms with Crippen LogP contribution >= 0.6 is 0 Å². The zero-order chi connectivity index (χ0) is 46.8. The van der Waals surface area contributed by atoms with Gasteiger partial charge in [0.1, 0.15) is 12.1 Å². The molecule has 10 heteroatoms. The SMILES string of the molecule is CCCCCCCCC=CCCCCCCCCNC(=O)C(CCCCN)NC(=O)CCCCC(=O)NC(CCCCN)C(=O)NCCCCCCCCC=CCCCCCCCC. The highest BCUT2D eigenvalue weighted by Gasteiger charge is 2.21. The zero-order valence-electron chi connectivity index (χ0n) is 42.0. The van der Waals surface area contributed by atoms with Crippen molar-refractivity contribution in [3.63, 3.8) is 0 Å². The van der Waals surface area contributed by atoms with Gasteiger partial charge in [-0.1, -0.05) is 154 Å². The molecular weight excluding hydrogens is 797 g/mol. The van der Waals surface area contributed by atoms with E-state index >= 15 is 0 Å². The maximum absolute atomic E-state index is 13.1. The summed E-state index contributed by atoms with van der Waals surface area (Å²) in [6.45, 7) is 6.85. The van der Waals surface area contributed by atoms with Crippen molar-refractivity contribution in [2.75, 3.05) is 26.2 Å². The van der Waals surface area contributed by atoms with E-state index in [2.05, 4.69) is 59.4 Å². The first kappa shape index (κ1) is 61.3. The summed E-state index contributed by atoms with van der Waals surface area (Å²) in [4.78, 5) is 51.9. The summed E-state index contributed by atoms with van der Waals surface area (Å²) in [5.74, 6) is -0.639. The highest BCUT2D eigenvalue weighted by molar-refractivity contribution is 5.88. The number of nitrogens with two attached hydrogens (primary N) is 2. The molecule has 0 bridgehead atoms. The quantitative estimate of drug-likeness (QED) is 0.0262. The predicted molar refractivity (Wildman–Crippen MR) is 273 cm³/mol. The first-order chi connectivity index (χ1) is 31.4. The Morgan fingerprint density at radius 2 is 0.672 bits per heavy atom. The Balaban J connectivity index is 4.29. The van der Waals surface area contributed by atoms with E-state index in [0.717, 1.165) is 51.4 Å². The summed E-state index contributed by atoms with van der Waals surface area (Å²) in [5, 5.41) is 12.0. The van der Waals surface area contributed by atoms with Gasteiger partial charge in [-0.05, 0) is 129 Å². The fraction of sp³-hybridized carbons (Fsp3) is 0.852. The Kier molecular flexibility index (Phi) is 47.6. The monoisotopic (exact) mass is 901 g/mol. The smallest absolute Gasteiger partial charge is 0.242 e. The maximum Gasteiger partial charge on any atom is 0.242 e. The second kappa shape index (κ2) is 49.7. The topological polar surface area (TPSA) is 168 Å². The van der Waals surface area contributed by atoms with Gasteiger partial charge in [-0.3, -0.25) is 19.2 Å². The van der Waals surface area contributed by atoms with Crippen molar-refractivity contribution >= 4 is 23.6 Å². The van der Waals surface area contributed by atoms with Crippen molar-refractivity contribution in [1.82, 2.24) is 21.3 Å². The number of hydrogen-bond acceptors (Lipinski definition) is 6. The molecule has 0 aromatic carbocycles. The first-order valence-corrected chi connectivity index (χ1v) is 27.2. The van der Waals surface area contributed by atoms with Crippen LogP contribution in [0.2, 0.25) is 0 Å². The molecule has 0 heterocycles. The molecule has 0 aromatic rings. The number of rotatable bonds is 49. The van der Waals surface area contributed by atoms with Gasteiger partial charge in [0.25, 0.3) is 0 Å². The third-order valence-electron chi connectivity index (χ3n) is 12.2. The van der Waals surface area contributed by atoms with E-state index in [1.54, 1.807) is 0 Å². The van der Waals surface area contributed by atoms with Crippen molar-refractivity contribution in [3.05, 3.63) is 24.3 Å². The van der Waals surface area contributed by atoms with E-state index < -0.39 is 12.1 Å². The molecule has 0 saturated carbocycles. The van der Waals surface area contributed by atoms with E-state index in [-0.39, 0.29) is 36.5 Å². The first-order valence-electron chi connectivity index (χ1n) is 27.2. The minimum absolute atomic E-state index is 0.135. The third kappa shape index (κ3) is 43.2. The van der Waals surface area contributed by atoms with Crippen molar-refractivity contribution in [1.29, 1.82) is 0 Å². The fourth-order valence-electron chi connectivity index (χ4n) is 8.04. The summed E-state index contributed by atoms with van der Waals surface area (Å²) >= 11 is 0. The van der Waals surface area contributed by atoms with Gasteiger partial charge in [-0.25, -0.2) is 0 Å². The lowest BCUT2D eigenvalue weighted by Crippen LogP contribution is -2.47. The molecule has 0 spiro atoms. The van der Waals surface area contributed by atoms with Gasteiger partial charge in [0.05, 0.1) is 0 Å². The number of carbonyl (C=O) groups is 4. The van der Waals surface area contributed by atoms with E-state index in [9.17, 15) is 19.2 Å². The van der Waals surface area contributed by atoms with Crippen LogP contribution in [0, 0.1) is 0 Å². The number of hydrogen-bond donors (Lipinski definition) is 6. The predicted octanol–water partition coefficient (Wildman–Crippen LogP) is 12.1. The Morgan fingerprint density at radius 1 is 0.375 bits per heavy atom. The molecule has 8 N–H and O–H groups in total. The Hall–Kier alpha value is -2.72. The van der Waals surface area contributed by atoms with Crippen LogP contribution in [-0.2, 0) is 19.2 Å². The molecule has 0 fully saturated rings. The molecule has 0 aliphatic rings. The molecule has 64 heavy (non-hydrogen) atoms. The summed E-state index contributed by atoms with van der Waals surface area (Å²) in [6.07, 6.45) is 50.0. The average Bonchev–Trinajstić information content (AvgIpc) is 3.29. The molecule has 4 amide bonds. The van der Waals surface area contributed by atoms with E-state index in [0.29, 0.717) is 51.9 Å². The van der Waals surface area contributed by atoms with Crippen LogP contribution < -0.4 is 32.7 Å². The molecule has 0 aliphatic heterocycles. The van der Waals surface area contributed by atoms with Crippen molar-refractivity contribution in [2.45, 2.75) is 270 Å². The van der Waals surface area contributed by atoms with Crippen LogP contribution in [-0.4, -0.2) is 61.9 Å². The van der Waals surface area contributed by atoms with Gasteiger partial charge < -0.3 is 32.7 Å². The second-order valence-electron chi connectivity index (χ2n) is 18.5. The van der Waals surface area contributed by atoms with Crippen molar-refractivity contribution in [2.24, 2.45) is 11.5 Å². The number of nitrogens with one attached hydrogen (secondary N) is 4. The van der Waals surface area contributed by atoms with Gasteiger partial charge in [0, 0.05) is 25.9 Å². The highest BCUT2D eigenvalue weighted by atomic mass is 16.2. The van der Waals surface area contributed by atoms with Crippen LogP contribution in [0.25, 0.3) is 0 Å². The molecule has 0 aromatic heterocycles. The van der Waals surface area contributed by atoms with Crippen LogP contribution in [0.15, 0.2) is 24.3 Å². The number of amides is 4. The Bertz CT molecular complexity index is 1050. The van der Waals surface area contributed by atoms with E-state index in [1.165, 1.54) is 154 Å². The van der Waals surface area contributed by atoms with Gasteiger partial charge in [0.15, 0.2) is 0 Å². The number of carbonyl (C=O) groups excluding carboxylic acids is 4. The average molecular weight is 901 g/mol. The van der Waals surface area contributed by atoms with Crippen molar-refractivity contribution in [3.8, 4) is 0 Å². The maximum atomic E-state index is 13.1. The fourth-order valence-corrected chi connectivity index (χ4v) is 8.04. The summed E-state index contributed by atoms with van der Waals surface area (Å²) in [6, 6.07) is -1.16. The lowest BCUT2D eigenvalue weighted by Gasteiger charge is -2.19. The molecule has 10 nitrogen and oxygen atoms in total. The third-order valence-corrected chi connectivity index (χ3v) is 12.2. The zero-order valence-corrected chi connectivity index (χ0v) is 42.0. The standard InChI is InChI=1S/C54H104N6O4/c1-3-5-7-9-11-13-15-17-19-21-23-25-27-29-31-39-47-57-53(63)49(41-35-37-45-55)59-51(61)43-33-34-44-52(62)60-50(42-36-38-46-56)54(64)58-48-40-32-30-28-26-24-22-20-18-16-14-12-10-8-6-4-2/h17-20,49-50H,3-16,21-48,55-56H2,1-2H3,(H,57,63)(H,58,64)(H,59,61)(H,60,62).